The fourth-order valence-electron chi connectivity index (χ4n) is 2.15. The van der Waals surface area contributed by atoms with Crippen molar-refractivity contribution in [3.8, 4) is 5.75 Å². The van der Waals surface area contributed by atoms with Crippen LogP contribution in [0, 0.1) is 13.8 Å². The summed E-state index contributed by atoms with van der Waals surface area (Å²) < 4.78 is 10.3. The molecule has 0 atom stereocenters. The molecule has 0 spiro atoms. The van der Waals surface area contributed by atoms with Crippen molar-refractivity contribution in [2.24, 2.45) is 0 Å². The molecule has 6 heteroatoms. The molecule has 0 saturated heterocycles. The third-order valence-corrected chi connectivity index (χ3v) is 3.82. The number of esters is 1. The van der Waals surface area contributed by atoms with Crippen LogP contribution in [0.25, 0.3) is 0 Å². The molecule has 25 heavy (non-hydrogen) atoms. The molecule has 132 valence electrons. The zero-order valence-electron chi connectivity index (χ0n) is 14.2. The minimum atomic E-state index is -0.611. The molecule has 0 heterocycles. The van der Waals surface area contributed by atoms with E-state index in [0.717, 1.165) is 16.7 Å². The van der Waals surface area contributed by atoms with Gasteiger partial charge in [0.25, 0.3) is 5.91 Å². The fourth-order valence-corrected chi connectivity index (χ4v) is 2.38. The molecular formula is C19H20ClNO4. The SMILES string of the molecule is Cc1ccccc1CNC(=O)COC(=O)COc1ccc(Cl)cc1C. The van der Waals surface area contributed by atoms with Gasteiger partial charge in [0.05, 0.1) is 0 Å². The number of hydrogen-bond donors (Lipinski definition) is 1. The first kappa shape index (κ1) is 18.8. The molecule has 0 bridgehead atoms. The van der Waals surface area contributed by atoms with Crippen molar-refractivity contribution >= 4 is 23.5 Å². The van der Waals surface area contributed by atoms with Gasteiger partial charge in [0.2, 0.25) is 0 Å². The highest BCUT2D eigenvalue weighted by atomic mass is 35.5. The number of halogens is 1. The van der Waals surface area contributed by atoms with E-state index >= 15 is 0 Å². The van der Waals surface area contributed by atoms with Crippen molar-refractivity contribution in [1.82, 2.24) is 5.32 Å². The molecule has 1 N–H and O–H groups in total. The molecule has 0 fully saturated rings. The van der Waals surface area contributed by atoms with Gasteiger partial charge in [0.15, 0.2) is 13.2 Å². The molecule has 0 aromatic heterocycles. The van der Waals surface area contributed by atoms with Gasteiger partial charge in [-0.1, -0.05) is 35.9 Å². The predicted octanol–water partition coefficient (Wildman–Crippen LogP) is 3.20. The zero-order valence-corrected chi connectivity index (χ0v) is 14.9. The van der Waals surface area contributed by atoms with Crippen LogP contribution in [0.5, 0.6) is 5.75 Å². The van der Waals surface area contributed by atoms with Gasteiger partial charge in [0, 0.05) is 11.6 Å². The number of hydrogen-bond acceptors (Lipinski definition) is 4. The van der Waals surface area contributed by atoms with Crippen molar-refractivity contribution < 1.29 is 19.1 Å². The van der Waals surface area contributed by atoms with E-state index in [1.165, 1.54) is 0 Å². The third-order valence-electron chi connectivity index (χ3n) is 3.58. The van der Waals surface area contributed by atoms with Crippen molar-refractivity contribution in [2.75, 3.05) is 13.2 Å². The number of rotatable bonds is 7. The summed E-state index contributed by atoms with van der Waals surface area (Å²) in [7, 11) is 0. The molecule has 0 radical (unpaired) electrons. The maximum absolute atomic E-state index is 11.8. The van der Waals surface area contributed by atoms with Crippen LogP contribution in [0.15, 0.2) is 42.5 Å². The highest BCUT2D eigenvalue weighted by molar-refractivity contribution is 6.30. The fraction of sp³-hybridized carbons (Fsp3) is 0.263. The van der Waals surface area contributed by atoms with Gasteiger partial charge in [-0.25, -0.2) is 4.79 Å². The highest BCUT2D eigenvalue weighted by Gasteiger charge is 2.10. The van der Waals surface area contributed by atoms with Gasteiger partial charge in [0.1, 0.15) is 5.75 Å². The molecule has 2 aromatic carbocycles. The summed E-state index contributed by atoms with van der Waals surface area (Å²) in [6, 6.07) is 12.8. The topological polar surface area (TPSA) is 64.6 Å². The molecule has 2 aromatic rings. The van der Waals surface area contributed by atoms with Crippen LogP contribution in [0.1, 0.15) is 16.7 Å². The maximum atomic E-state index is 11.8. The summed E-state index contributed by atoms with van der Waals surface area (Å²) in [5.74, 6) is -0.426. The first-order valence-electron chi connectivity index (χ1n) is 7.81. The van der Waals surface area contributed by atoms with Gasteiger partial charge in [-0.15, -0.1) is 0 Å². The lowest BCUT2D eigenvalue weighted by molar-refractivity contribution is -0.150. The van der Waals surface area contributed by atoms with Crippen molar-refractivity contribution in [3.05, 3.63) is 64.2 Å². The minimum absolute atomic E-state index is 0.270. The van der Waals surface area contributed by atoms with Gasteiger partial charge in [-0.3, -0.25) is 4.79 Å². The van der Waals surface area contributed by atoms with Crippen LogP contribution < -0.4 is 10.1 Å². The first-order chi connectivity index (χ1) is 12.0. The van der Waals surface area contributed by atoms with E-state index in [1.54, 1.807) is 18.2 Å². The van der Waals surface area contributed by atoms with E-state index in [-0.39, 0.29) is 19.1 Å². The molecule has 0 saturated carbocycles. The van der Waals surface area contributed by atoms with E-state index in [9.17, 15) is 9.59 Å². The second kappa shape index (κ2) is 9.08. The Labute approximate surface area is 151 Å². The lowest BCUT2D eigenvalue weighted by Gasteiger charge is -2.10. The zero-order chi connectivity index (χ0) is 18.2. The van der Waals surface area contributed by atoms with Crippen LogP contribution in [-0.4, -0.2) is 25.1 Å². The molecule has 0 unspecified atom stereocenters. The summed E-state index contributed by atoms with van der Waals surface area (Å²) in [5.41, 5.74) is 2.92. The number of carbonyl (C=O) groups excluding carboxylic acids is 2. The van der Waals surface area contributed by atoms with E-state index in [1.807, 2.05) is 38.1 Å². The Kier molecular flexibility index (Phi) is 6.83. The van der Waals surface area contributed by atoms with Crippen LogP contribution >= 0.6 is 11.6 Å². The minimum Gasteiger partial charge on any atom is -0.482 e. The maximum Gasteiger partial charge on any atom is 0.344 e. The number of ether oxygens (including phenoxy) is 2. The van der Waals surface area contributed by atoms with Gasteiger partial charge in [-0.05, 0) is 48.7 Å². The van der Waals surface area contributed by atoms with E-state index in [0.29, 0.717) is 17.3 Å². The van der Waals surface area contributed by atoms with Crippen LogP contribution in [0.3, 0.4) is 0 Å². The van der Waals surface area contributed by atoms with Gasteiger partial charge in [-0.2, -0.15) is 0 Å². The molecule has 0 aliphatic carbocycles. The van der Waals surface area contributed by atoms with E-state index in [2.05, 4.69) is 5.32 Å². The van der Waals surface area contributed by atoms with Crippen molar-refractivity contribution in [2.45, 2.75) is 20.4 Å². The van der Waals surface area contributed by atoms with E-state index < -0.39 is 5.97 Å². The largest absolute Gasteiger partial charge is 0.482 e. The standard InChI is InChI=1S/C19H20ClNO4/c1-13-5-3-4-6-15(13)10-21-18(22)11-25-19(23)12-24-17-8-7-16(20)9-14(17)2/h3-9H,10-12H2,1-2H3,(H,21,22). The molecule has 5 nitrogen and oxygen atoms in total. The predicted molar refractivity (Wildman–Crippen MR) is 95.7 cm³/mol. The Hall–Kier alpha value is -2.53. The van der Waals surface area contributed by atoms with Gasteiger partial charge < -0.3 is 14.8 Å². The smallest absolute Gasteiger partial charge is 0.344 e. The monoisotopic (exact) mass is 361 g/mol. The number of benzene rings is 2. The van der Waals surface area contributed by atoms with Crippen LogP contribution in [0.2, 0.25) is 5.02 Å². The normalized spacial score (nSPS) is 10.2. The average Bonchev–Trinajstić information content (AvgIpc) is 2.58. The Bertz CT molecular complexity index is 761. The Morgan fingerprint density at radius 2 is 1.80 bits per heavy atom. The summed E-state index contributed by atoms with van der Waals surface area (Å²) >= 11 is 5.86. The van der Waals surface area contributed by atoms with Crippen LogP contribution in [-0.2, 0) is 20.9 Å². The number of nitrogens with one attached hydrogen (secondary N) is 1. The summed E-state index contributed by atoms with van der Waals surface area (Å²) in [4.78, 5) is 23.4. The highest BCUT2D eigenvalue weighted by Crippen LogP contribution is 2.21. The van der Waals surface area contributed by atoms with Gasteiger partial charge >= 0.3 is 5.97 Å². The molecule has 1 amide bonds. The molecular weight excluding hydrogens is 342 g/mol. The summed E-state index contributed by atoms with van der Waals surface area (Å²) in [6.45, 7) is 3.58. The molecule has 0 aliphatic heterocycles. The number of carbonyl (C=O) groups is 2. The molecule has 2 rings (SSSR count). The lowest BCUT2D eigenvalue weighted by atomic mass is 10.1. The summed E-state index contributed by atoms with van der Waals surface area (Å²) in [5, 5.41) is 3.31. The number of amides is 1. The number of aryl methyl sites for hydroxylation is 2. The second-order valence-corrected chi connectivity index (χ2v) is 6.00. The third kappa shape index (κ3) is 6.12. The van der Waals surface area contributed by atoms with Crippen molar-refractivity contribution in [1.29, 1.82) is 0 Å². The Balaban J connectivity index is 1.70. The Morgan fingerprint density at radius 3 is 2.52 bits per heavy atom. The quantitative estimate of drug-likeness (QED) is 0.769. The lowest BCUT2D eigenvalue weighted by Crippen LogP contribution is -2.29. The Morgan fingerprint density at radius 1 is 1.04 bits per heavy atom. The summed E-state index contributed by atoms with van der Waals surface area (Å²) in [6.07, 6.45) is 0. The van der Waals surface area contributed by atoms with Crippen LogP contribution in [0.4, 0.5) is 0 Å². The molecule has 0 aliphatic rings. The van der Waals surface area contributed by atoms with Crippen molar-refractivity contribution in [3.63, 3.8) is 0 Å². The second-order valence-electron chi connectivity index (χ2n) is 5.56. The first-order valence-corrected chi connectivity index (χ1v) is 8.19. The van der Waals surface area contributed by atoms with E-state index in [4.69, 9.17) is 21.1 Å². The average molecular weight is 362 g/mol.